The van der Waals surface area contributed by atoms with Crippen molar-refractivity contribution in [3.8, 4) is 28.1 Å². The third-order valence-electron chi connectivity index (χ3n) is 16.1. The van der Waals surface area contributed by atoms with E-state index in [9.17, 15) is 14.4 Å². The van der Waals surface area contributed by atoms with Crippen LogP contribution in [0.25, 0.3) is 44.2 Å². The van der Waals surface area contributed by atoms with Gasteiger partial charge in [0.1, 0.15) is 45.7 Å². The summed E-state index contributed by atoms with van der Waals surface area (Å²) in [6.45, 7) is 4.77. The van der Waals surface area contributed by atoms with E-state index in [2.05, 4.69) is 104 Å². The van der Waals surface area contributed by atoms with Crippen molar-refractivity contribution in [2.75, 3.05) is 20.8 Å². The lowest BCUT2D eigenvalue weighted by Crippen LogP contribution is -2.70. The highest BCUT2D eigenvalue weighted by atomic mass is 16.5. The second-order valence-corrected chi connectivity index (χ2v) is 21.2. The summed E-state index contributed by atoms with van der Waals surface area (Å²) >= 11 is 0. The average molecular weight is 886 g/mol. The predicted octanol–water partition coefficient (Wildman–Crippen LogP) is -0.0219. The molecule has 66 heavy (non-hydrogen) atoms. The molecular weight excluding hydrogens is 828 g/mol. The predicted molar refractivity (Wildman–Crippen MR) is 272 cm³/mol. The zero-order valence-corrected chi connectivity index (χ0v) is 40.1. The van der Waals surface area contributed by atoms with E-state index in [1.54, 1.807) is 0 Å². The van der Waals surface area contributed by atoms with Gasteiger partial charge in [0.25, 0.3) is 0 Å². The average Bonchev–Trinajstić information content (AvgIpc) is 4.11. The number of fused-ring (bicyclic) bond motifs is 7. The van der Waals surface area contributed by atoms with Crippen LogP contribution in [0.4, 0.5) is 9.59 Å². The first-order chi connectivity index (χ1) is 31.2. The third kappa shape index (κ3) is 7.10. The summed E-state index contributed by atoms with van der Waals surface area (Å²) in [5.41, 5.74) is 5.33. The summed E-state index contributed by atoms with van der Waals surface area (Å²) in [5, 5.41) is 6.42. The Balaban J connectivity index is 0.996. The molecule has 15 nitrogen and oxygen atoms in total. The van der Waals surface area contributed by atoms with Crippen LogP contribution < -0.4 is 15.4 Å². The van der Waals surface area contributed by atoms with E-state index in [0.29, 0.717) is 19.0 Å². The first-order valence-electron chi connectivity index (χ1n) is 23.3. The van der Waals surface area contributed by atoms with Gasteiger partial charge in [-0.05, 0) is 84.4 Å². The minimum atomic E-state index is -1.28. The lowest BCUT2D eigenvalue weighted by atomic mass is 9.13. The van der Waals surface area contributed by atoms with E-state index in [1.165, 1.54) is 14.2 Å². The zero-order valence-electron chi connectivity index (χ0n) is 40.1. The molecule has 3 saturated heterocycles. The molecule has 3 fully saturated rings. The Kier molecular flexibility index (Phi) is 11.2. The largest absolute Gasteiger partial charge is 0.488 e. The molecule has 0 bridgehead atoms. The Morgan fingerprint density at radius 2 is 1.68 bits per heavy atom. The molecule has 2 aromatic heterocycles. The number of nitrogens with one attached hydrogen (secondary N) is 4. The number of nitrogens with zero attached hydrogens (tertiary/aromatic N) is 4. The normalized spacial score (nSPS) is 25.1. The molecule has 5 aromatic rings. The van der Waals surface area contributed by atoms with E-state index in [1.807, 2.05) is 43.8 Å². The van der Waals surface area contributed by atoms with Crippen LogP contribution in [0.3, 0.4) is 0 Å². The van der Waals surface area contributed by atoms with Crippen molar-refractivity contribution in [2.24, 2.45) is 5.92 Å². The summed E-state index contributed by atoms with van der Waals surface area (Å²) in [5.74, 6) is 1.83. The summed E-state index contributed by atoms with van der Waals surface area (Å²) in [6, 6.07) is 13.5. The number of H-pyrrole nitrogens is 2. The van der Waals surface area contributed by atoms with Gasteiger partial charge in [0.2, 0.25) is 11.8 Å². The van der Waals surface area contributed by atoms with Crippen LogP contribution in [0.1, 0.15) is 75.2 Å². The number of hydrogen-bond donors (Lipinski definition) is 4. The van der Waals surface area contributed by atoms with E-state index >= 15 is 4.79 Å². The maximum absolute atomic E-state index is 15.3. The van der Waals surface area contributed by atoms with Crippen molar-refractivity contribution in [3.63, 3.8) is 0 Å². The smallest absolute Gasteiger partial charge is 0.407 e. The fraction of sp³-hybridized carbons (Fsp3) is 0.455. The molecule has 6 heterocycles. The first kappa shape index (κ1) is 45.5. The van der Waals surface area contributed by atoms with Gasteiger partial charge in [-0.15, -0.1) is 5.11 Å². The van der Waals surface area contributed by atoms with Gasteiger partial charge in [0.15, 0.2) is 0 Å². The Morgan fingerprint density at radius 1 is 0.924 bits per heavy atom. The van der Waals surface area contributed by atoms with E-state index < -0.39 is 29.0 Å². The highest BCUT2D eigenvalue weighted by Gasteiger charge is 2.66. The number of alkyl carbamates (subject to hydrolysis) is 2. The van der Waals surface area contributed by atoms with Crippen molar-refractivity contribution >= 4 is 101 Å². The maximum atomic E-state index is 15.3. The maximum Gasteiger partial charge on any atom is 0.407 e. The summed E-state index contributed by atoms with van der Waals surface area (Å²) in [7, 11) is 17.6. The van der Waals surface area contributed by atoms with Gasteiger partial charge < -0.3 is 44.6 Å². The van der Waals surface area contributed by atoms with Crippen LogP contribution in [0.5, 0.6) is 5.75 Å². The number of carbonyl (C=O) groups excluding carboxylic acids is 4. The van der Waals surface area contributed by atoms with Crippen molar-refractivity contribution in [1.29, 1.82) is 0 Å². The lowest BCUT2D eigenvalue weighted by Gasteiger charge is -2.62. The summed E-state index contributed by atoms with van der Waals surface area (Å²) in [4.78, 5) is 75.0. The molecule has 4 aliphatic heterocycles. The third-order valence-corrected chi connectivity index (χ3v) is 16.1. The van der Waals surface area contributed by atoms with Gasteiger partial charge in [-0.2, -0.15) is 0 Å². The minimum Gasteiger partial charge on any atom is -0.488 e. The highest BCUT2D eigenvalue weighted by Crippen LogP contribution is 2.67. The zero-order chi connectivity index (χ0) is 47.2. The molecule has 4 aliphatic rings. The molecule has 22 heteroatoms. The Labute approximate surface area is 391 Å². The summed E-state index contributed by atoms with van der Waals surface area (Å²) in [6.07, 6.45) is 4.51. The van der Waals surface area contributed by atoms with E-state index in [0.717, 1.165) is 93.4 Å². The highest BCUT2D eigenvalue weighted by molar-refractivity contribution is 6.66. The number of likely N-dealkylation sites (tertiary alicyclic amines) is 1. The van der Waals surface area contributed by atoms with Crippen molar-refractivity contribution in [1.82, 2.24) is 40.4 Å². The number of imidazole rings is 2. The van der Waals surface area contributed by atoms with Gasteiger partial charge in [-0.3, -0.25) is 9.59 Å². The second-order valence-electron chi connectivity index (χ2n) is 21.2. The van der Waals surface area contributed by atoms with E-state index in [4.69, 9.17) is 24.2 Å². The summed E-state index contributed by atoms with van der Waals surface area (Å²) < 4.78 is 16.4. The van der Waals surface area contributed by atoms with Crippen LogP contribution in [-0.4, -0.2) is 147 Å². The molecule has 3 aromatic carbocycles. The Hall–Kier alpha value is -5.67. The van der Waals surface area contributed by atoms with Gasteiger partial charge in [0, 0.05) is 23.5 Å². The Morgan fingerprint density at radius 3 is 2.39 bits per heavy atom. The van der Waals surface area contributed by atoms with Crippen LogP contribution in [0.15, 0.2) is 48.7 Å². The van der Waals surface area contributed by atoms with Crippen molar-refractivity contribution < 1.29 is 33.4 Å². The number of benzene rings is 3. The molecule has 0 spiro atoms. The molecule has 4 amide bonds. The minimum absolute atomic E-state index is 0.0316. The molecule has 336 valence electrons. The van der Waals surface area contributed by atoms with Gasteiger partial charge in [-0.25, -0.2) is 19.6 Å². The lowest BCUT2D eigenvalue weighted by molar-refractivity contribution is -0.138. The van der Waals surface area contributed by atoms with E-state index in [-0.39, 0.29) is 46.2 Å². The molecule has 0 saturated carbocycles. The molecule has 0 aliphatic carbocycles. The van der Waals surface area contributed by atoms with Crippen molar-refractivity contribution in [3.05, 3.63) is 65.9 Å². The molecule has 6 atom stereocenters. The first-order valence-corrected chi connectivity index (χ1v) is 23.3. The number of methoxy groups -OCH3 is 2. The van der Waals surface area contributed by atoms with Crippen molar-refractivity contribution in [2.45, 2.75) is 97.8 Å². The van der Waals surface area contributed by atoms with Crippen LogP contribution in [0, 0.1) is 5.92 Å². The second kappa shape index (κ2) is 16.3. The molecule has 9 rings (SSSR count). The molecule has 4 N–H and O–H groups in total. The topological polar surface area (TPSA) is 184 Å². The number of aromatic nitrogens is 4. The fourth-order valence-electron chi connectivity index (χ4n) is 12.3. The van der Waals surface area contributed by atoms with Gasteiger partial charge in [0.05, 0.1) is 93.9 Å². The number of ether oxygens (including phenoxy) is 3. The van der Waals surface area contributed by atoms with Crippen LogP contribution >= 0.6 is 0 Å². The number of hydrogen-bond acceptors (Lipinski definition) is 9. The SMILES string of the molecule is BC(B)(B)C1(B)C(B)(B)C[C@H]2CC[C@@H](c3nc4ccc5cc6c(cc5c4[nH]3)OCc3cc(-c4cnc([C@@H]5CCCN5C(=O)C(NC(=O)OC)C(C)C)[nH]4)ccc3-6)N2C(=O)[C@@]1(B)NC(=O)OC. The number of aromatic amines is 2. The van der Waals surface area contributed by atoms with Crippen LogP contribution in [0.2, 0.25) is 15.6 Å². The van der Waals surface area contributed by atoms with Gasteiger partial charge in [-0.1, -0.05) is 42.6 Å². The van der Waals surface area contributed by atoms with Gasteiger partial charge >= 0.3 is 12.2 Å². The molecule has 0 radical (unpaired) electrons. The molecular formula is C44H57B7N8O7. The van der Waals surface area contributed by atoms with Crippen LogP contribution in [-0.2, 0) is 25.7 Å². The fourth-order valence-corrected chi connectivity index (χ4v) is 12.3. The number of rotatable bonds is 8. The molecule has 2 unspecified atom stereocenters. The number of carbonyl (C=O) groups is 4. The standard InChI is InChI=1S/C44H57B7N8O7/c1-20(2)33(56-39(62)64-3)37(60)58-13-5-6-30(58)35-52-18-29(54-35)22-7-10-25-23(14-22)19-66-32-16-26-21(15-27(25)32)8-11-28-34(26)55-36(53-28)31-12-9-24-17-41(45,46)43(48,44(49,50)51)42(47,38(61)59(24)31)57-40(63)65-4/h7-8,10-11,14-16,18,20,24,30-31,33H,5-6,9,12-13,17,19,45-51H2,1-4H3,(H,52,54)(H,53,55)(H,56,62)(H,57,63)/t24-,30+,31+,33?,42-,43?/m1/s1. The Bertz CT molecular complexity index is 2800. The number of amides is 4. The monoisotopic (exact) mass is 887 g/mol. The quantitative estimate of drug-likeness (QED) is 0.156.